The summed E-state index contributed by atoms with van der Waals surface area (Å²) in [6.07, 6.45) is 6.81. The van der Waals surface area contributed by atoms with Gasteiger partial charge in [0, 0.05) is 6.42 Å². The minimum absolute atomic E-state index is 0.339. The molecule has 0 spiro atoms. The fraction of sp³-hybridized carbons (Fsp3) is 0.500. The van der Waals surface area contributed by atoms with Crippen LogP contribution in [0.1, 0.15) is 33.1 Å². The average Bonchev–Trinajstić information content (AvgIpc) is 2.37. The van der Waals surface area contributed by atoms with Crippen molar-refractivity contribution in [2.24, 2.45) is 0 Å². The highest BCUT2D eigenvalue weighted by molar-refractivity contribution is 5.97. The van der Waals surface area contributed by atoms with Gasteiger partial charge < -0.3 is 0 Å². The van der Waals surface area contributed by atoms with Crippen molar-refractivity contribution in [3.63, 3.8) is 0 Å². The maximum atomic E-state index is 11.1. The van der Waals surface area contributed by atoms with Crippen LogP contribution in [-0.2, 0) is 4.79 Å². The van der Waals surface area contributed by atoms with Gasteiger partial charge in [-0.2, -0.15) is 0 Å². The number of hydrogen-bond acceptors (Lipinski definition) is 1. The molecule has 0 saturated heterocycles. The molecule has 0 unspecified atom stereocenters. The zero-order valence-electron chi connectivity index (χ0n) is 7.18. The fourth-order valence-electron chi connectivity index (χ4n) is 1.25. The first-order chi connectivity index (χ1) is 5.24. The van der Waals surface area contributed by atoms with E-state index < -0.39 is 0 Å². The van der Waals surface area contributed by atoms with Crippen LogP contribution in [-0.4, -0.2) is 5.78 Å². The summed E-state index contributed by atoms with van der Waals surface area (Å²) in [5.41, 5.74) is 2.20. The van der Waals surface area contributed by atoms with Gasteiger partial charge >= 0.3 is 0 Å². The molecule has 1 nitrogen and oxygen atoms in total. The monoisotopic (exact) mass is 150 g/mol. The van der Waals surface area contributed by atoms with E-state index in [2.05, 4.69) is 0 Å². The minimum Gasteiger partial charge on any atom is -0.295 e. The fourth-order valence-corrected chi connectivity index (χ4v) is 1.25. The molecule has 0 aliphatic heterocycles. The Hall–Kier alpha value is -0.850. The second kappa shape index (κ2) is 3.51. The lowest BCUT2D eigenvalue weighted by molar-refractivity contribution is -0.114. The van der Waals surface area contributed by atoms with Crippen LogP contribution in [0, 0.1) is 0 Å². The molecule has 0 aromatic heterocycles. The quantitative estimate of drug-likeness (QED) is 0.525. The zero-order chi connectivity index (χ0) is 8.27. The van der Waals surface area contributed by atoms with Crippen molar-refractivity contribution in [3.05, 3.63) is 23.3 Å². The van der Waals surface area contributed by atoms with E-state index in [4.69, 9.17) is 0 Å². The Morgan fingerprint density at radius 2 is 2.18 bits per heavy atom. The summed E-state index contributed by atoms with van der Waals surface area (Å²) in [5.74, 6) is 0.339. The maximum Gasteiger partial charge on any atom is 0.158 e. The van der Waals surface area contributed by atoms with E-state index in [0.717, 1.165) is 24.8 Å². The van der Waals surface area contributed by atoms with Crippen LogP contribution in [0.4, 0.5) is 0 Å². The minimum atomic E-state index is 0.339. The van der Waals surface area contributed by atoms with E-state index in [1.54, 1.807) is 0 Å². The molecule has 0 bridgehead atoms. The molecule has 0 aromatic rings. The van der Waals surface area contributed by atoms with Crippen molar-refractivity contribution in [3.8, 4) is 0 Å². The van der Waals surface area contributed by atoms with Gasteiger partial charge in [0.25, 0.3) is 0 Å². The van der Waals surface area contributed by atoms with Gasteiger partial charge in [0.2, 0.25) is 0 Å². The summed E-state index contributed by atoms with van der Waals surface area (Å²) in [5, 5.41) is 0. The van der Waals surface area contributed by atoms with Crippen LogP contribution in [0.5, 0.6) is 0 Å². The molecule has 1 rings (SSSR count). The van der Waals surface area contributed by atoms with Gasteiger partial charge in [0.05, 0.1) is 0 Å². The normalized spacial score (nSPS) is 23.3. The number of carbonyl (C=O) groups excluding carboxylic acids is 1. The van der Waals surface area contributed by atoms with E-state index in [1.807, 2.05) is 26.0 Å². The van der Waals surface area contributed by atoms with Crippen LogP contribution in [0.25, 0.3) is 0 Å². The first kappa shape index (κ1) is 8.25. The first-order valence-corrected chi connectivity index (χ1v) is 4.10. The lowest BCUT2D eigenvalue weighted by atomic mass is 10.1. The molecule has 11 heavy (non-hydrogen) atoms. The van der Waals surface area contributed by atoms with Gasteiger partial charge in [-0.15, -0.1) is 0 Å². The molecule has 1 aliphatic rings. The first-order valence-electron chi connectivity index (χ1n) is 4.10. The summed E-state index contributed by atoms with van der Waals surface area (Å²) in [7, 11) is 0. The molecule has 1 saturated carbocycles. The van der Waals surface area contributed by atoms with Crippen LogP contribution in [0.2, 0.25) is 0 Å². The Balaban J connectivity index is 2.73. The largest absolute Gasteiger partial charge is 0.295 e. The Bertz CT molecular complexity index is 221. The molecule has 1 heteroatoms. The second-order valence-electron chi connectivity index (χ2n) is 2.98. The van der Waals surface area contributed by atoms with Crippen LogP contribution in [0.3, 0.4) is 0 Å². The average molecular weight is 150 g/mol. The Morgan fingerprint density at radius 1 is 1.45 bits per heavy atom. The van der Waals surface area contributed by atoms with Crippen LogP contribution >= 0.6 is 0 Å². The second-order valence-corrected chi connectivity index (χ2v) is 2.98. The third-order valence-electron chi connectivity index (χ3n) is 2.07. The standard InChI is InChI=1S/C10H14O/c1-3-8(2)7-9-5-4-6-10(9)11/h3,7H,4-6H2,1-2H3. The van der Waals surface area contributed by atoms with Gasteiger partial charge in [-0.1, -0.05) is 17.7 Å². The summed E-state index contributed by atoms with van der Waals surface area (Å²) >= 11 is 0. The van der Waals surface area contributed by atoms with Crippen LogP contribution < -0.4 is 0 Å². The molecular weight excluding hydrogens is 136 g/mol. The predicted octanol–water partition coefficient (Wildman–Crippen LogP) is 2.63. The molecule has 60 valence electrons. The summed E-state index contributed by atoms with van der Waals surface area (Å²) in [6, 6.07) is 0. The van der Waals surface area contributed by atoms with Crippen molar-refractivity contribution in [2.45, 2.75) is 33.1 Å². The molecule has 1 aliphatic carbocycles. The Morgan fingerprint density at radius 3 is 2.64 bits per heavy atom. The maximum absolute atomic E-state index is 11.1. The number of rotatable bonds is 1. The number of Topliss-reactive ketones (excluding diaryl/α,β-unsaturated/α-hetero) is 1. The van der Waals surface area contributed by atoms with Gasteiger partial charge in [0.1, 0.15) is 0 Å². The lowest BCUT2D eigenvalue weighted by Gasteiger charge is -1.93. The summed E-state index contributed by atoms with van der Waals surface area (Å²) < 4.78 is 0. The van der Waals surface area contributed by atoms with E-state index in [9.17, 15) is 4.79 Å². The van der Waals surface area contributed by atoms with E-state index in [0.29, 0.717) is 5.78 Å². The lowest BCUT2D eigenvalue weighted by Crippen LogP contribution is -1.91. The number of ketones is 1. The molecule has 0 radical (unpaired) electrons. The molecule has 0 N–H and O–H groups in total. The van der Waals surface area contributed by atoms with Crippen molar-refractivity contribution >= 4 is 5.78 Å². The SMILES string of the molecule is CC=C(C)C=C1CCCC1=O. The molecular formula is C10H14O. The zero-order valence-corrected chi connectivity index (χ0v) is 7.18. The van der Waals surface area contributed by atoms with E-state index in [1.165, 1.54) is 5.57 Å². The van der Waals surface area contributed by atoms with E-state index in [-0.39, 0.29) is 0 Å². The summed E-state index contributed by atoms with van der Waals surface area (Å²) in [4.78, 5) is 11.1. The van der Waals surface area contributed by atoms with E-state index >= 15 is 0 Å². The van der Waals surface area contributed by atoms with Crippen molar-refractivity contribution in [2.75, 3.05) is 0 Å². The molecule has 0 atom stereocenters. The Labute approximate surface area is 67.8 Å². The molecule has 0 amide bonds. The smallest absolute Gasteiger partial charge is 0.158 e. The van der Waals surface area contributed by atoms with Crippen LogP contribution in [0.15, 0.2) is 23.3 Å². The molecule has 0 heterocycles. The number of allylic oxidation sites excluding steroid dienone is 4. The highest BCUT2D eigenvalue weighted by Crippen LogP contribution is 2.21. The van der Waals surface area contributed by atoms with Gasteiger partial charge in [-0.05, 0) is 32.3 Å². The predicted molar refractivity (Wildman–Crippen MR) is 46.4 cm³/mol. The van der Waals surface area contributed by atoms with Crippen molar-refractivity contribution in [1.29, 1.82) is 0 Å². The Kier molecular flexibility index (Phi) is 2.64. The van der Waals surface area contributed by atoms with Gasteiger partial charge in [-0.25, -0.2) is 0 Å². The topological polar surface area (TPSA) is 17.1 Å². The third kappa shape index (κ3) is 2.04. The summed E-state index contributed by atoms with van der Waals surface area (Å²) in [6.45, 7) is 4.02. The van der Waals surface area contributed by atoms with Gasteiger partial charge in [-0.3, -0.25) is 4.79 Å². The highest BCUT2D eigenvalue weighted by Gasteiger charge is 2.15. The van der Waals surface area contributed by atoms with Gasteiger partial charge in [0.15, 0.2) is 5.78 Å². The molecule has 0 aromatic carbocycles. The third-order valence-corrected chi connectivity index (χ3v) is 2.07. The van der Waals surface area contributed by atoms with Crippen molar-refractivity contribution in [1.82, 2.24) is 0 Å². The van der Waals surface area contributed by atoms with Crippen molar-refractivity contribution < 1.29 is 4.79 Å². The molecule has 1 fully saturated rings. The number of hydrogen-bond donors (Lipinski definition) is 0. The highest BCUT2D eigenvalue weighted by atomic mass is 16.1. The number of carbonyl (C=O) groups is 1.